The molecule has 1 unspecified atom stereocenters. The fourth-order valence-electron chi connectivity index (χ4n) is 8.64. The smallest absolute Gasteiger partial charge is 0.0360 e. The van der Waals surface area contributed by atoms with Crippen LogP contribution in [0.4, 0.5) is 0 Å². The first kappa shape index (κ1) is 104. The zero-order chi connectivity index (χ0) is 66.9. The Morgan fingerprint density at radius 1 is 0.329 bits per heavy atom. The van der Waals surface area contributed by atoms with Gasteiger partial charge in [0.25, 0.3) is 0 Å². The van der Waals surface area contributed by atoms with E-state index in [0.29, 0.717) is 16.2 Å². The van der Waals surface area contributed by atoms with Crippen molar-refractivity contribution < 1.29 is 0 Å². The summed E-state index contributed by atoms with van der Waals surface area (Å²) < 4.78 is 0. The molecule has 512 valence electrons. The van der Waals surface area contributed by atoms with Gasteiger partial charge in [-0.3, -0.25) is 0 Å². The molecule has 0 aromatic rings. The number of hydrogen-bond donors (Lipinski definition) is 0. The van der Waals surface area contributed by atoms with Crippen LogP contribution in [0.5, 0.6) is 0 Å². The molecule has 0 nitrogen and oxygen atoms in total. The van der Waals surface area contributed by atoms with Gasteiger partial charge in [0.05, 0.1) is 0 Å². The Morgan fingerprint density at radius 2 is 0.622 bits per heavy atom. The third-order valence-corrected chi connectivity index (χ3v) is 16.1. The van der Waals surface area contributed by atoms with Crippen LogP contribution in [0.15, 0.2) is 0 Å². The molecule has 0 bridgehead atoms. The molecule has 2 aliphatic rings. The Labute approximate surface area is 533 Å². The zero-order valence-corrected chi connectivity index (χ0v) is 66.9. The van der Waals surface area contributed by atoms with Crippen LogP contribution < -0.4 is 0 Å². The van der Waals surface area contributed by atoms with Crippen molar-refractivity contribution in [2.75, 3.05) is 0 Å². The van der Waals surface area contributed by atoms with Gasteiger partial charge in [0.15, 0.2) is 0 Å². The van der Waals surface area contributed by atoms with Gasteiger partial charge in [-0.1, -0.05) is 417 Å². The zero-order valence-electron chi connectivity index (χ0n) is 66.9. The summed E-state index contributed by atoms with van der Waals surface area (Å²) in [6.45, 7) is 86.2. The van der Waals surface area contributed by atoms with Gasteiger partial charge >= 0.3 is 0 Å². The maximum Gasteiger partial charge on any atom is -0.0360 e. The van der Waals surface area contributed by atoms with E-state index in [1.54, 1.807) is 0 Å². The predicted octanol–water partition coefficient (Wildman–Crippen LogP) is 32.3. The second kappa shape index (κ2) is 75.3. The van der Waals surface area contributed by atoms with E-state index in [9.17, 15) is 0 Å². The summed E-state index contributed by atoms with van der Waals surface area (Å²) in [5.41, 5.74) is 1.60. The molecule has 2 saturated carbocycles. The standard InChI is InChI=1S/10C7H16.2C6H12/c1-6(2)7(3,4)5;1-6(2)5-7(3)4;2*1-5-6-7(2,3)4;1-5-7(4)6(2)3;2*1-4-5-6-7(2)3;2*1-4-6-7(3)5-2;1-3-5-7-6-4-2;1-5-3-6(2)4-5;1-6-4-2-3-5-6/h6H,1-5H3;6-7H,5H2,1-4H3;2*5-6H2,1-4H3;6-7H,5H2,1-4H3;4*7H,4-6H2,1-3H3;3-7H2,1-2H3;5-6H,3-4H2,1-2H3;6H,2-5H2,1H3/t;;;;7-;;;7-;;;;/m....0..1..../s1. The van der Waals surface area contributed by atoms with Crippen LogP contribution in [0.1, 0.15) is 449 Å². The minimum absolute atomic E-state index is 0.500. The molecule has 2 fully saturated rings. The summed E-state index contributed by atoms with van der Waals surface area (Å²) in [5.74, 6) is 11.2. The summed E-state index contributed by atoms with van der Waals surface area (Å²) in [4.78, 5) is 0. The first-order valence-corrected chi connectivity index (χ1v) is 37.6. The summed E-state index contributed by atoms with van der Waals surface area (Å²) in [5, 5.41) is 0. The molecule has 0 aromatic heterocycles. The van der Waals surface area contributed by atoms with Crippen LogP contribution in [0.25, 0.3) is 0 Å². The van der Waals surface area contributed by atoms with E-state index in [1.165, 1.54) is 186 Å². The molecule has 2 rings (SSSR count). The van der Waals surface area contributed by atoms with E-state index < -0.39 is 0 Å². The lowest BCUT2D eigenvalue weighted by Gasteiger charge is -2.28. The Bertz CT molecular complexity index is 950. The highest BCUT2D eigenvalue weighted by Gasteiger charge is 2.19. The minimum Gasteiger partial charge on any atom is -0.0654 e. The first-order valence-electron chi connectivity index (χ1n) is 37.6. The van der Waals surface area contributed by atoms with E-state index in [1.807, 2.05) is 0 Å². The van der Waals surface area contributed by atoms with Gasteiger partial charge in [-0.05, 0) is 119 Å². The maximum atomic E-state index is 2.34. The van der Waals surface area contributed by atoms with Crippen LogP contribution in [0, 0.1) is 87.3 Å². The van der Waals surface area contributed by atoms with Gasteiger partial charge < -0.3 is 0 Å². The highest BCUT2D eigenvalue weighted by molar-refractivity contribution is 4.71. The lowest BCUT2D eigenvalue weighted by atomic mass is 9.78. The van der Waals surface area contributed by atoms with Crippen molar-refractivity contribution >= 4 is 0 Å². The molecule has 0 radical (unpaired) electrons. The molecule has 0 aliphatic heterocycles. The van der Waals surface area contributed by atoms with E-state index in [-0.39, 0.29) is 0 Å². The number of unbranched alkanes of at least 4 members (excludes halogenated alkanes) is 6. The van der Waals surface area contributed by atoms with Gasteiger partial charge in [-0.25, -0.2) is 0 Å². The molecule has 0 amide bonds. The minimum atomic E-state index is 0.500. The third kappa shape index (κ3) is 134. The highest BCUT2D eigenvalue weighted by atomic mass is 14.3. The van der Waals surface area contributed by atoms with Gasteiger partial charge in [0, 0.05) is 0 Å². The van der Waals surface area contributed by atoms with Crippen LogP contribution in [-0.2, 0) is 0 Å². The summed E-state index contributed by atoms with van der Waals surface area (Å²) in [7, 11) is 0. The van der Waals surface area contributed by atoms with Crippen molar-refractivity contribution in [3.63, 3.8) is 0 Å². The van der Waals surface area contributed by atoms with Crippen LogP contribution in [-0.4, -0.2) is 0 Å². The monoisotopic (exact) mass is 1170 g/mol. The van der Waals surface area contributed by atoms with E-state index in [4.69, 9.17) is 0 Å². The molecular weight excluding hydrogens is 985 g/mol. The number of hydrogen-bond acceptors (Lipinski definition) is 0. The average Bonchev–Trinajstić information content (AvgIpc) is 3.83. The third-order valence-electron chi connectivity index (χ3n) is 16.1. The highest BCUT2D eigenvalue weighted by Crippen LogP contribution is 2.32. The Morgan fingerprint density at radius 3 is 0.683 bits per heavy atom. The molecule has 0 N–H and O–H groups in total. The Kier molecular flexibility index (Phi) is 95.2. The van der Waals surface area contributed by atoms with Gasteiger partial charge in [-0.15, -0.1) is 0 Å². The normalized spacial score (nSPS) is 15.5. The second-order valence-electron chi connectivity index (χ2n) is 32.6. The summed E-state index contributed by atoms with van der Waals surface area (Å²) in [6.07, 6.45) is 40.3. The largest absolute Gasteiger partial charge is 0.0654 e. The fourth-order valence-corrected chi connectivity index (χ4v) is 8.64. The van der Waals surface area contributed by atoms with Crippen LogP contribution >= 0.6 is 0 Å². The predicted molar refractivity (Wildman–Crippen MR) is 399 cm³/mol. The van der Waals surface area contributed by atoms with E-state index in [2.05, 4.69) is 263 Å². The van der Waals surface area contributed by atoms with Gasteiger partial charge in [-0.2, -0.15) is 0 Å². The summed E-state index contributed by atoms with van der Waals surface area (Å²) >= 11 is 0. The van der Waals surface area contributed by atoms with Crippen LogP contribution in [0.2, 0.25) is 0 Å². The molecule has 2 aliphatic carbocycles. The van der Waals surface area contributed by atoms with Crippen LogP contribution in [0.3, 0.4) is 0 Å². The van der Waals surface area contributed by atoms with Gasteiger partial charge in [0.1, 0.15) is 0 Å². The van der Waals surface area contributed by atoms with Crippen molar-refractivity contribution in [3.8, 4) is 0 Å². The van der Waals surface area contributed by atoms with E-state index >= 15 is 0 Å². The second-order valence-corrected chi connectivity index (χ2v) is 32.6. The SMILES string of the molecule is CC(C)C(C)(C)C.CC(C)CC(C)C.CC1CC(C)C1.CC1CCCC1.CCCC(C)(C)C.CCCC(C)(C)C.CCCC(C)CC.CCCCC(C)C.CCCCC(C)C.CCCCCCC.CCC[C@H](C)CC.CC[C@H](C)C(C)C. The molecule has 0 heteroatoms. The molecule has 0 aromatic carbocycles. The number of rotatable bonds is 22. The first-order chi connectivity index (χ1) is 37.6. The molecule has 3 atom stereocenters. The van der Waals surface area contributed by atoms with Crippen molar-refractivity contribution in [1.29, 1.82) is 0 Å². The molecular formula is C82H184. The molecule has 82 heavy (non-hydrogen) atoms. The van der Waals surface area contributed by atoms with Crippen molar-refractivity contribution in [2.45, 2.75) is 449 Å². The topological polar surface area (TPSA) is 0 Å². The van der Waals surface area contributed by atoms with Crippen molar-refractivity contribution in [2.24, 2.45) is 87.3 Å². The van der Waals surface area contributed by atoms with Crippen molar-refractivity contribution in [3.05, 3.63) is 0 Å². The fraction of sp³-hybridized carbons (Fsp3) is 1.00. The van der Waals surface area contributed by atoms with Crippen molar-refractivity contribution in [1.82, 2.24) is 0 Å². The molecule has 0 heterocycles. The lowest BCUT2D eigenvalue weighted by molar-refractivity contribution is 0.233. The maximum absolute atomic E-state index is 2.34. The van der Waals surface area contributed by atoms with Gasteiger partial charge in [0.2, 0.25) is 0 Å². The molecule has 0 saturated heterocycles. The Balaban J connectivity index is -0.0000000862. The van der Waals surface area contributed by atoms with E-state index in [0.717, 1.165) is 71.0 Å². The summed E-state index contributed by atoms with van der Waals surface area (Å²) in [6, 6.07) is 0. The lowest BCUT2D eigenvalue weighted by Crippen LogP contribution is -2.16. The molecule has 0 spiro atoms. The average molecular weight is 1170 g/mol. The quantitative estimate of drug-likeness (QED) is 0.0948. The Hall–Kier alpha value is 0.